The van der Waals surface area contributed by atoms with Gasteiger partial charge in [0.05, 0.1) is 6.10 Å². The summed E-state index contributed by atoms with van der Waals surface area (Å²) in [5, 5.41) is 10.2. The van der Waals surface area contributed by atoms with Crippen LogP contribution < -0.4 is 0 Å². The molecule has 1 aliphatic carbocycles. The third kappa shape index (κ3) is 3.23. The zero-order valence-electron chi connectivity index (χ0n) is 8.53. The third-order valence-electron chi connectivity index (χ3n) is 2.77. The van der Waals surface area contributed by atoms with E-state index in [9.17, 15) is 5.11 Å². The normalized spacial score (nSPS) is 26.5. The minimum absolute atomic E-state index is 0.118. The van der Waals surface area contributed by atoms with Gasteiger partial charge < -0.3 is 5.11 Å². The second kappa shape index (κ2) is 5.37. The van der Waals surface area contributed by atoms with Gasteiger partial charge in [-0.05, 0) is 37.1 Å². The molecule has 1 N–H and O–H groups in total. The van der Waals surface area contributed by atoms with E-state index in [-0.39, 0.29) is 6.10 Å². The summed E-state index contributed by atoms with van der Waals surface area (Å²) in [5.41, 5.74) is 0. The summed E-state index contributed by atoms with van der Waals surface area (Å²) in [6.07, 6.45) is 4.42. The number of aliphatic hydroxyl groups excluding tert-OH is 1. The van der Waals surface area contributed by atoms with Crippen molar-refractivity contribution in [2.24, 2.45) is 0 Å². The van der Waals surface area contributed by atoms with Crippen LogP contribution in [0.4, 0.5) is 0 Å². The number of hydrogen-bond acceptors (Lipinski definition) is 2. The Bertz CT molecular complexity index is 312. The van der Waals surface area contributed by atoms with E-state index in [1.54, 1.807) is 0 Å². The lowest BCUT2D eigenvalue weighted by atomic mass is 9.97. The van der Waals surface area contributed by atoms with Crippen LogP contribution >= 0.6 is 27.7 Å². The number of benzene rings is 1. The van der Waals surface area contributed by atoms with E-state index < -0.39 is 0 Å². The van der Waals surface area contributed by atoms with Crippen molar-refractivity contribution < 1.29 is 5.11 Å². The highest BCUT2D eigenvalue weighted by Crippen LogP contribution is 2.34. The summed E-state index contributed by atoms with van der Waals surface area (Å²) in [7, 11) is 0. The van der Waals surface area contributed by atoms with Crippen molar-refractivity contribution in [3.05, 3.63) is 28.7 Å². The van der Waals surface area contributed by atoms with Gasteiger partial charge in [-0.25, -0.2) is 0 Å². The summed E-state index contributed by atoms with van der Waals surface area (Å²) in [4.78, 5) is 1.25. The van der Waals surface area contributed by atoms with E-state index >= 15 is 0 Å². The topological polar surface area (TPSA) is 20.2 Å². The van der Waals surface area contributed by atoms with Gasteiger partial charge in [-0.2, -0.15) is 0 Å². The van der Waals surface area contributed by atoms with Crippen LogP contribution in [0.5, 0.6) is 0 Å². The molecule has 0 spiro atoms. The fourth-order valence-electron chi connectivity index (χ4n) is 1.90. The van der Waals surface area contributed by atoms with Gasteiger partial charge in [0.15, 0.2) is 0 Å². The highest BCUT2D eigenvalue weighted by molar-refractivity contribution is 9.10. The molecule has 82 valence electrons. The molecule has 0 aliphatic heterocycles. The van der Waals surface area contributed by atoms with Crippen molar-refractivity contribution in [2.75, 3.05) is 0 Å². The first kappa shape index (κ1) is 11.5. The van der Waals surface area contributed by atoms with Gasteiger partial charge >= 0.3 is 0 Å². The molecular formula is C12H15BrOS. The minimum Gasteiger partial charge on any atom is -0.392 e. The van der Waals surface area contributed by atoms with Crippen molar-refractivity contribution >= 4 is 27.7 Å². The van der Waals surface area contributed by atoms with Crippen LogP contribution in [0.15, 0.2) is 33.6 Å². The van der Waals surface area contributed by atoms with Crippen LogP contribution in [0.3, 0.4) is 0 Å². The average Bonchev–Trinajstić information content (AvgIpc) is 2.25. The molecule has 0 amide bonds. The zero-order chi connectivity index (χ0) is 10.7. The highest BCUT2D eigenvalue weighted by Gasteiger charge is 2.23. The molecule has 2 atom stereocenters. The van der Waals surface area contributed by atoms with Crippen LogP contribution in [-0.4, -0.2) is 16.5 Å². The predicted molar refractivity (Wildman–Crippen MR) is 68.3 cm³/mol. The Morgan fingerprint density at radius 2 is 1.80 bits per heavy atom. The zero-order valence-corrected chi connectivity index (χ0v) is 10.9. The van der Waals surface area contributed by atoms with Crippen LogP contribution in [0.25, 0.3) is 0 Å². The maximum Gasteiger partial charge on any atom is 0.0662 e. The molecule has 0 heterocycles. The Kier molecular flexibility index (Phi) is 4.12. The number of thioether (sulfide) groups is 1. The molecule has 1 aromatic carbocycles. The predicted octanol–water partition coefficient (Wildman–Crippen LogP) is 3.84. The summed E-state index contributed by atoms with van der Waals surface area (Å²) >= 11 is 5.23. The Morgan fingerprint density at radius 3 is 2.47 bits per heavy atom. The van der Waals surface area contributed by atoms with Crippen molar-refractivity contribution in [1.29, 1.82) is 0 Å². The second-order valence-corrected chi connectivity index (χ2v) is 6.19. The number of hydrogen-bond donors (Lipinski definition) is 1. The molecule has 0 unspecified atom stereocenters. The summed E-state index contributed by atoms with van der Waals surface area (Å²) < 4.78 is 1.11. The Labute approximate surface area is 103 Å². The van der Waals surface area contributed by atoms with Crippen molar-refractivity contribution in [3.8, 4) is 0 Å². The van der Waals surface area contributed by atoms with Crippen LogP contribution in [0, 0.1) is 0 Å². The van der Waals surface area contributed by atoms with Gasteiger partial charge in [0, 0.05) is 14.6 Å². The molecule has 1 aliphatic rings. The van der Waals surface area contributed by atoms with Crippen LogP contribution in [-0.2, 0) is 0 Å². The molecule has 1 fully saturated rings. The second-order valence-electron chi connectivity index (χ2n) is 3.96. The monoisotopic (exact) mass is 286 g/mol. The number of rotatable bonds is 2. The first-order valence-electron chi connectivity index (χ1n) is 5.36. The molecule has 0 radical (unpaired) electrons. The molecule has 1 nitrogen and oxygen atoms in total. The van der Waals surface area contributed by atoms with Crippen molar-refractivity contribution in [1.82, 2.24) is 0 Å². The highest BCUT2D eigenvalue weighted by atomic mass is 79.9. The van der Waals surface area contributed by atoms with Gasteiger partial charge in [-0.1, -0.05) is 28.8 Å². The number of halogens is 1. The van der Waals surface area contributed by atoms with Gasteiger partial charge in [-0.3, -0.25) is 0 Å². The Morgan fingerprint density at radius 1 is 1.13 bits per heavy atom. The van der Waals surface area contributed by atoms with E-state index in [0.717, 1.165) is 17.3 Å². The van der Waals surface area contributed by atoms with Crippen LogP contribution in [0.2, 0.25) is 0 Å². The largest absolute Gasteiger partial charge is 0.392 e. The maximum atomic E-state index is 9.85. The lowest BCUT2D eigenvalue weighted by molar-refractivity contribution is 0.137. The molecule has 1 aromatic rings. The van der Waals surface area contributed by atoms with E-state index in [1.165, 1.54) is 17.7 Å². The summed E-state index contributed by atoms with van der Waals surface area (Å²) in [6, 6.07) is 8.32. The molecule has 3 heteroatoms. The van der Waals surface area contributed by atoms with Crippen molar-refractivity contribution in [2.45, 2.75) is 41.9 Å². The molecular weight excluding hydrogens is 272 g/mol. The lowest BCUT2D eigenvalue weighted by Crippen LogP contribution is -2.26. The fraction of sp³-hybridized carbons (Fsp3) is 0.500. The maximum absolute atomic E-state index is 9.85. The molecule has 1 saturated carbocycles. The van der Waals surface area contributed by atoms with E-state index in [2.05, 4.69) is 40.2 Å². The lowest BCUT2D eigenvalue weighted by Gasteiger charge is -2.26. The van der Waals surface area contributed by atoms with Gasteiger partial charge in [0.1, 0.15) is 0 Å². The minimum atomic E-state index is -0.118. The first-order valence-corrected chi connectivity index (χ1v) is 7.03. The van der Waals surface area contributed by atoms with E-state index in [4.69, 9.17) is 0 Å². The van der Waals surface area contributed by atoms with Gasteiger partial charge in [0.2, 0.25) is 0 Å². The SMILES string of the molecule is O[C@@H]1CCCC[C@H]1Sc1ccc(Br)cc1. The smallest absolute Gasteiger partial charge is 0.0662 e. The van der Waals surface area contributed by atoms with E-state index in [1.807, 2.05) is 11.8 Å². The first-order chi connectivity index (χ1) is 7.25. The van der Waals surface area contributed by atoms with E-state index in [0.29, 0.717) is 5.25 Å². The fourth-order valence-corrected chi connectivity index (χ4v) is 3.39. The van der Waals surface area contributed by atoms with Crippen LogP contribution in [0.1, 0.15) is 25.7 Å². The Balaban J connectivity index is 1.98. The molecule has 15 heavy (non-hydrogen) atoms. The number of aliphatic hydroxyl groups is 1. The molecule has 0 aromatic heterocycles. The molecule has 0 bridgehead atoms. The third-order valence-corrected chi connectivity index (χ3v) is 4.69. The van der Waals surface area contributed by atoms with Gasteiger partial charge in [-0.15, -0.1) is 11.8 Å². The molecule has 2 rings (SSSR count). The summed E-state index contributed by atoms with van der Waals surface area (Å²) in [6.45, 7) is 0. The molecule has 0 saturated heterocycles. The summed E-state index contributed by atoms with van der Waals surface area (Å²) in [5.74, 6) is 0. The Hall–Kier alpha value is 0.01000. The quantitative estimate of drug-likeness (QED) is 0.891. The van der Waals surface area contributed by atoms with Crippen molar-refractivity contribution in [3.63, 3.8) is 0 Å². The average molecular weight is 287 g/mol. The van der Waals surface area contributed by atoms with Gasteiger partial charge in [0.25, 0.3) is 0 Å². The standard InChI is InChI=1S/C12H15BrOS/c13-9-5-7-10(8-6-9)15-12-4-2-1-3-11(12)14/h5-8,11-12,14H,1-4H2/t11-,12-/m1/s1.